The Balaban J connectivity index is 2.25. The van der Waals surface area contributed by atoms with Gasteiger partial charge in [-0.3, -0.25) is 4.79 Å². The van der Waals surface area contributed by atoms with E-state index in [1.807, 2.05) is 0 Å². The van der Waals surface area contributed by atoms with Crippen LogP contribution >= 0.6 is 23.2 Å². The molecule has 2 aromatic rings. The van der Waals surface area contributed by atoms with Crippen molar-refractivity contribution in [3.8, 4) is 0 Å². The fourth-order valence-electron chi connectivity index (χ4n) is 1.90. The van der Waals surface area contributed by atoms with Gasteiger partial charge in [-0.15, -0.1) is 0 Å². The molecule has 0 atom stereocenters. The maximum absolute atomic E-state index is 12.2. The molecule has 0 saturated carbocycles. The van der Waals surface area contributed by atoms with Gasteiger partial charge in [-0.2, -0.15) is 8.42 Å². The standard InChI is InChI=1S/C15H14Cl2N2O4S/c1-19(2,24(21,22)23)11-8-6-10(7-9-11)15(20)18-13-5-3-4-12(16)14(13)17/h3-9H,1-2H3,(H-,18,20,21,22,23). The van der Waals surface area contributed by atoms with Crippen LogP contribution < -0.4 is 9.21 Å². The maximum atomic E-state index is 12.2. The highest BCUT2D eigenvalue weighted by atomic mass is 35.5. The molecule has 0 aliphatic rings. The predicted octanol–water partition coefficient (Wildman–Crippen LogP) is 3.27. The second-order valence-corrected chi connectivity index (χ2v) is 7.93. The van der Waals surface area contributed by atoms with Crippen molar-refractivity contribution in [1.82, 2.24) is 3.89 Å². The average molecular weight is 389 g/mol. The smallest absolute Gasteiger partial charge is 0.258 e. The number of carbonyl (C=O) groups excluding carboxylic acids is 1. The van der Waals surface area contributed by atoms with Crippen LogP contribution in [-0.2, 0) is 10.3 Å². The van der Waals surface area contributed by atoms with Crippen molar-refractivity contribution in [3.63, 3.8) is 0 Å². The highest BCUT2D eigenvalue weighted by Gasteiger charge is 2.27. The van der Waals surface area contributed by atoms with Crippen LogP contribution in [0.5, 0.6) is 0 Å². The van der Waals surface area contributed by atoms with Gasteiger partial charge in [0.25, 0.3) is 16.2 Å². The fourth-order valence-corrected chi connectivity index (χ4v) is 2.62. The van der Waals surface area contributed by atoms with Gasteiger partial charge in [0, 0.05) is 17.7 Å². The van der Waals surface area contributed by atoms with E-state index in [-0.39, 0.29) is 16.3 Å². The molecule has 0 aliphatic carbocycles. The first-order valence-electron chi connectivity index (χ1n) is 6.70. The lowest BCUT2D eigenvalue weighted by atomic mass is 10.2. The summed E-state index contributed by atoms with van der Waals surface area (Å²) in [5.41, 5.74) is 0.872. The molecule has 0 unspecified atom stereocenters. The van der Waals surface area contributed by atoms with Crippen LogP contribution in [-0.4, -0.2) is 33.0 Å². The molecule has 0 saturated heterocycles. The number of nitrogens with one attached hydrogen (secondary N) is 1. The lowest BCUT2D eigenvalue weighted by molar-refractivity contribution is 0.102. The summed E-state index contributed by atoms with van der Waals surface area (Å²) in [7, 11) is -2.09. The molecule has 0 heterocycles. The van der Waals surface area contributed by atoms with Crippen molar-refractivity contribution in [2.45, 2.75) is 0 Å². The molecule has 0 radical (unpaired) electrons. The van der Waals surface area contributed by atoms with Gasteiger partial charge < -0.3 is 9.87 Å². The van der Waals surface area contributed by atoms with Gasteiger partial charge in [-0.05, 0) is 24.3 Å². The average Bonchev–Trinajstić information content (AvgIpc) is 2.51. The number of nitrogens with zero attached hydrogens (tertiary/aromatic N) is 1. The van der Waals surface area contributed by atoms with Crippen molar-refractivity contribution < 1.29 is 17.8 Å². The van der Waals surface area contributed by atoms with Gasteiger partial charge in [0.05, 0.1) is 29.8 Å². The molecule has 2 rings (SSSR count). The van der Waals surface area contributed by atoms with E-state index >= 15 is 0 Å². The van der Waals surface area contributed by atoms with E-state index < -0.39 is 20.1 Å². The van der Waals surface area contributed by atoms with E-state index in [4.69, 9.17) is 23.2 Å². The van der Waals surface area contributed by atoms with Gasteiger partial charge >= 0.3 is 0 Å². The lowest BCUT2D eigenvalue weighted by Gasteiger charge is -2.30. The topological polar surface area (TPSA) is 86.3 Å². The minimum absolute atomic E-state index is 0.222. The predicted molar refractivity (Wildman–Crippen MR) is 94.2 cm³/mol. The second-order valence-electron chi connectivity index (χ2n) is 5.38. The molecule has 0 spiro atoms. The van der Waals surface area contributed by atoms with E-state index in [1.54, 1.807) is 18.2 Å². The molecular weight excluding hydrogens is 375 g/mol. The van der Waals surface area contributed by atoms with E-state index in [0.29, 0.717) is 10.7 Å². The second kappa shape index (κ2) is 6.70. The minimum Gasteiger partial charge on any atom is -0.701 e. The van der Waals surface area contributed by atoms with Crippen molar-refractivity contribution in [3.05, 3.63) is 58.1 Å². The lowest BCUT2D eigenvalue weighted by Crippen LogP contribution is -2.46. The first kappa shape index (κ1) is 18.7. The summed E-state index contributed by atoms with van der Waals surface area (Å²) in [6.45, 7) is 0. The van der Waals surface area contributed by atoms with E-state index in [2.05, 4.69) is 5.32 Å². The molecule has 1 amide bonds. The Morgan fingerprint density at radius 1 is 1.08 bits per heavy atom. The molecule has 6 nitrogen and oxygen atoms in total. The molecular formula is C15H14Cl2N2O4S. The van der Waals surface area contributed by atoms with Crippen molar-refractivity contribution in [1.29, 1.82) is 0 Å². The zero-order chi connectivity index (χ0) is 18.1. The Hall–Kier alpha value is -1.64. The Labute approximate surface area is 150 Å². The third-order valence-electron chi connectivity index (χ3n) is 3.51. The normalized spacial score (nSPS) is 12.0. The molecule has 2 aromatic carbocycles. The van der Waals surface area contributed by atoms with Crippen LogP contribution in [0.4, 0.5) is 11.4 Å². The third kappa shape index (κ3) is 3.71. The summed E-state index contributed by atoms with van der Waals surface area (Å²) in [6, 6.07) is 10.5. The summed E-state index contributed by atoms with van der Waals surface area (Å²) in [5, 5.41) is 3.15. The summed E-state index contributed by atoms with van der Waals surface area (Å²) in [4.78, 5) is 12.2. The third-order valence-corrected chi connectivity index (χ3v) is 5.66. The molecule has 0 aliphatic heterocycles. The highest BCUT2D eigenvalue weighted by molar-refractivity contribution is 7.85. The zero-order valence-electron chi connectivity index (χ0n) is 12.8. The molecule has 128 valence electrons. The van der Waals surface area contributed by atoms with Gasteiger partial charge in [-0.25, -0.2) is 3.89 Å². The number of rotatable bonds is 4. The van der Waals surface area contributed by atoms with Gasteiger partial charge in [-0.1, -0.05) is 29.3 Å². The van der Waals surface area contributed by atoms with Crippen LogP contribution in [0.25, 0.3) is 0 Å². The van der Waals surface area contributed by atoms with Crippen molar-refractivity contribution in [2.24, 2.45) is 0 Å². The van der Waals surface area contributed by atoms with Crippen molar-refractivity contribution >= 4 is 50.8 Å². The fraction of sp³-hybridized carbons (Fsp3) is 0.133. The number of hydrogen-bond acceptors (Lipinski definition) is 4. The molecule has 0 bridgehead atoms. The van der Waals surface area contributed by atoms with E-state index in [1.165, 1.54) is 38.4 Å². The summed E-state index contributed by atoms with van der Waals surface area (Å²) >= 11 is 11.9. The number of benzene rings is 2. The van der Waals surface area contributed by atoms with Crippen LogP contribution in [0.3, 0.4) is 0 Å². The van der Waals surface area contributed by atoms with Gasteiger partial charge in [0.15, 0.2) is 0 Å². The summed E-state index contributed by atoms with van der Waals surface area (Å²) < 4.78 is 33.0. The van der Waals surface area contributed by atoms with Crippen LogP contribution in [0.2, 0.25) is 10.0 Å². The Bertz CT molecular complexity index is 881. The number of quaternary nitrogens is 1. The van der Waals surface area contributed by atoms with E-state index in [9.17, 15) is 17.8 Å². The molecule has 24 heavy (non-hydrogen) atoms. The monoisotopic (exact) mass is 388 g/mol. The maximum Gasteiger partial charge on any atom is 0.258 e. The van der Waals surface area contributed by atoms with Crippen LogP contribution in [0.1, 0.15) is 10.4 Å². The Morgan fingerprint density at radius 3 is 2.21 bits per heavy atom. The molecule has 9 heteroatoms. The zero-order valence-corrected chi connectivity index (χ0v) is 15.1. The quantitative estimate of drug-likeness (QED) is 0.642. The Morgan fingerprint density at radius 2 is 1.67 bits per heavy atom. The Kier molecular flexibility index (Phi) is 5.22. The summed E-state index contributed by atoms with van der Waals surface area (Å²) in [5.74, 6) is -0.444. The number of anilines is 1. The number of hydrogen-bond donors (Lipinski definition) is 1. The summed E-state index contributed by atoms with van der Waals surface area (Å²) in [6.07, 6.45) is 0. The molecule has 1 N–H and O–H groups in total. The minimum atomic E-state index is -4.59. The van der Waals surface area contributed by atoms with E-state index in [0.717, 1.165) is 0 Å². The number of halogens is 2. The highest BCUT2D eigenvalue weighted by Crippen LogP contribution is 2.30. The molecule has 0 aromatic heterocycles. The number of amides is 1. The first-order chi connectivity index (χ1) is 11.0. The van der Waals surface area contributed by atoms with Crippen LogP contribution in [0, 0.1) is 0 Å². The van der Waals surface area contributed by atoms with Crippen LogP contribution in [0.15, 0.2) is 42.5 Å². The SMILES string of the molecule is C[N+](C)(c1ccc(C(=O)Nc2cccc(Cl)c2Cl)cc1)S(=O)(=O)[O-]. The largest absolute Gasteiger partial charge is 0.701 e. The molecule has 0 fully saturated rings. The number of carbonyl (C=O) groups is 1. The van der Waals surface area contributed by atoms with Crippen molar-refractivity contribution in [2.75, 3.05) is 19.4 Å². The first-order valence-corrected chi connectivity index (χ1v) is 8.82. The van der Waals surface area contributed by atoms with Gasteiger partial charge in [0.1, 0.15) is 5.69 Å². The van der Waals surface area contributed by atoms with Gasteiger partial charge in [0.2, 0.25) is 0 Å².